The third kappa shape index (κ3) is 5.82. The molecule has 2 aromatic carbocycles. The van der Waals surface area contributed by atoms with Gasteiger partial charge < -0.3 is 14.6 Å². The van der Waals surface area contributed by atoms with Crippen molar-refractivity contribution in [3.05, 3.63) is 52.0 Å². The highest BCUT2D eigenvalue weighted by Gasteiger charge is 2.31. The summed E-state index contributed by atoms with van der Waals surface area (Å²) >= 11 is 11.7. The van der Waals surface area contributed by atoms with Gasteiger partial charge in [-0.15, -0.1) is 0 Å². The minimum Gasteiger partial charge on any atom is -0.507 e. The lowest BCUT2D eigenvalue weighted by molar-refractivity contribution is 0.0118. The van der Waals surface area contributed by atoms with E-state index in [1.807, 2.05) is 0 Å². The van der Waals surface area contributed by atoms with E-state index in [0.717, 1.165) is 6.07 Å². The Morgan fingerprint density at radius 3 is 2.41 bits per heavy atom. The van der Waals surface area contributed by atoms with E-state index in [9.17, 15) is 18.7 Å². The third-order valence-electron chi connectivity index (χ3n) is 3.34. The van der Waals surface area contributed by atoms with E-state index in [1.54, 1.807) is 6.92 Å². The predicted molar refractivity (Wildman–Crippen MR) is 104 cm³/mol. The molecule has 0 spiro atoms. The Balaban J connectivity index is 2.19. The molecular weight excluding hydrogens is 417 g/mol. The first-order valence-corrected chi connectivity index (χ1v) is 9.93. The van der Waals surface area contributed by atoms with Gasteiger partial charge in [0.15, 0.2) is 0 Å². The van der Waals surface area contributed by atoms with Gasteiger partial charge >= 0.3 is 16.4 Å². The molecule has 0 aliphatic heterocycles. The number of carbonyl (C=O) groups excluding carboxylic acids is 1. The molecule has 0 radical (unpaired) electrons. The number of phenols is 1. The van der Waals surface area contributed by atoms with Gasteiger partial charge in [-0.1, -0.05) is 23.2 Å². The maximum atomic E-state index is 12.5. The summed E-state index contributed by atoms with van der Waals surface area (Å²) in [4.78, 5) is 12.0. The second kappa shape index (κ2) is 8.90. The van der Waals surface area contributed by atoms with Crippen molar-refractivity contribution in [1.29, 1.82) is 0 Å². The molecule has 2 atom stereocenters. The smallest absolute Gasteiger partial charge is 0.346 e. The van der Waals surface area contributed by atoms with Crippen LogP contribution < -0.4 is 4.72 Å². The summed E-state index contributed by atoms with van der Waals surface area (Å²) < 4.78 is 35.2. The Kier molecular flexibility index (Phi) is 7.07. The number of phenolic OH excluding ortho intramolecular Hbond substituents is 1. The fourth-order valence-electron chi connectivity index (χ4n) is 2.19. The molecule has 2 unspecified atom stereocenters. The minimum absolute atomic E-state index is 0.0311. The highest BCUT2D eigenvalue weighted by atomic mass is 35.5. The molecule has 0 aliphatic carbocycles. The SMILES string of the molecule is COCC(C)OC(=O)c1ccc(N[S+](=O)(O)c2cc(Cl)cc(Cl)c2)cc1O. The first-order valence-electron chi connectivity index (χ1n) is 7.66. The van der Waals surface area contributed by atoms with Gasteiger partial charge in [0.25, 0.3) is 0 Å². The Labute approximate surface area is 167 Å². The third-order valence-corrected chi connectivity index (χ3v) is 5.16. The second-order valence-electron chi connectivity index (χ2n) is 5.64. The number of carbonyl (C=O) groups is 1. The molecule has 2 rings (SSSR count). The summed E-state index contributed by atoms with van der Waals surface area (Å²) in [6, 6.07) is 7.80. The molecular formula is C17H18Cl2NO6S+. The average molecular weight is 435 g/mol. The molecule has 10 heteroatoms. The van der Waals surface area contributed by atoms with Gasteiger partial charge in [0.2, 0.25) is 4.90 Å². The second-order valence-corrected chi connectivity index (χ2v) is 8.24. The monoisotopic (exact) mass is 434 g/mol. The van der Waals surface area contributed by atoms with Crippen LogP contribution in [0.2, 0.25) is 10.0 Å². The molecule has 0 amide bonds. The lowest BCUT2D eigenvalue weighted by atomic mass is 10.2. The maximum Gasteiger partial charge on any atom is 0.346 e. The topological polar surface area (TPSA) is 105 Å². The molecule has 0 fully saturated rings. The first-order chi connectivity index (χ1) is 12.6. The van der Waals surface area contributed by atoms with Gasteiger partial charge in [-0.3, -0.25) is 0 Å². The molecule has 0 saturated heterocycles. The van der Waals surface area contributed by atoms with Gasteiger partial charge in [0.05, 0.1) is 12.3 Å². The largest absolute Gasteiger partial charge is 0.507 e. The van der Waals surface area contributed by atoms with Crippen LogP contribution in [0.4, 0.5) is 5.69 Å². The van der Waals surface area contributed by atoms with Crippen molar-refractivity contribution in [3.63, 3.8) is 0 Å². The van der Waals surface area contributed by atoms with Gasteiger partial charge in [-0.2, -0.15) is 9.27 Å². The van der Waals surface area contributed by atoms with Crippen molar-refractivity contribution in [2.75, 3.05) is 18.4 Å². The zero-order chi connectivity index (χ0) is 20.2. The molecule has 0 aromatic heterocycles. The fourth-order valence-corrected chi connectivity index (χ4v) is 3.98. The number of benzene rings is 2. The van der Waals surface area contributed by atoms with Crippen LogP contribution in [0.5, 0.6) is 5.75 Å². The van der Waals surface area contributed by atoms with Crippen LogP contribution in [0, 0.1) is 0 Å². The van der Waals surface area contributed by atoms with Crippen LogP contribution in [-0.2, 0) is 24.1 Å². The van der Waals surface area contributed by atoms with Crippen LogP contribution in [0.25, 0.3) is 0 Å². The normalized spacial score (nSPS) is 14.3. The van der Waals surface area contributed by atoms with E-state index < -0.39 is 28.2 Å². The molecule has 7 nitrogen and oxygen atoms in total. The zero-order valence-corrected chi connectivity index (χ0v) is 16.8. The van der Waals surface area contributed by atoms with Gasteiger partial charge in [-0.25, -0.2) is 4.79 Å². The van der Waals surface area contributed by atoms with Crippen molar-refractivity contribution in [1.82, 2.24) is 0 Å². The number of nitrogens with one attached hydrogen (secondary N) is 1. The quantitative estimate of drug-likeness (QED) is 0.444. The molecule has 0 bridgehead atoms. The lowest BCUT2D eigenvalue weighted by Gasteiger charge is -2.13. The molecule has 3 N–H and O–H groups in total. The van der Waals surface area contributed by atoms with E-state index in [-0.39, 0.29) is 32.8 Å². The number of rotatable bonds is 7. The Morgan fingerprint density at radius 1 is 1.22 bits per heavy atom. The highest BCUT2D eigenvalue weighted by Crippen LogP contribution is 2.29. The molecule has 146 valence electrons. The van der Waals surface area contributed by atoms with Crippen molar-refractivity contribution >= 4 is 45.3 Å². The summed E-state index contributed by atoms with van der Waals surface area (Å²) in [7, 11) is -2.27. The predicted octanol–water partition coefficient (Wildman–Crippen LogP) is 4.25. The van der Waals surface area contributed by atoms with Crippen LogP contribution >= 0.6 is 23.2 Å². The van der Waals surface area contributed by atoms with E-state index in [1.165, 1.54) is 37.4 Å². The highest BCUT2D eigenvalue weighted by molar-refractivity contribution is 7.99. The van der Waals surface area contributed by atoms with E-state index >= 15 is 0 Å². The average Bonchev–Trinajstić information content (AvgIpc) is 2.53. The van der Waals surface area contributed by atoms with E-state index in [0.29, 0.717) is 0 Å². The number of hydrogen-bond acceptors (Lipinski definition) is 5. The Hall–Kier alpha value is -1.84. The van der Waals surface area contributed by atoms with Crippen molar-refractivity contribution < 1.29 is 28.1 Å². The Morgan fingerprint density at radius 2 is 1.85 bits per heavy atom. The molecule has 0 heterocycles. The van der Waals surface area contributed by atoms with E-state index in [4.69, 9.17) is 32.7 Å². The number of ether oxygens (including phenoxy) is 2. The van der Waals surface area contributed by atoms with Crippen LogP contribution in [0.1, 0.15) is 17.3 Å². The van der Waals surface area contributed by atoms with Crippen LogP contribution in [-0.4, -0.2) is 35.4 Å². The summed E-state index contributed by atoms with van der Waals surface area (Å²) in [5.74, 6) is -1.15. The van der Waals surface area contributed by atoms with Crippen molar-refractivity contribution in [2.24, 2.45) is 0 Å². The number of esters is 1. The summed E-state index contributed by atoms with van der Waals surface area (Å²) in [6.45, 7) is 1.85. The zero-order valence-electron chi connectivity index (χ0n) is 14.4. The van der Waals surface area contributed by atoms with E-state index in [2.05, 4.69) is 4.72 Å². The number of halogens is 2. The number of aromatic hydroxyl groups is 1. The summed E-state index contributed by atoms with van der Waals surface area (Å²) in [5.41, 5.74) is 0.0244. The molecule has 2 aromatic rings. The molecule has 27 heavy (non-hydrogen) atoms. The van der Waals surface area contributed by atoms with Crippen molar-refractivity contribution in [2.45, 2.75) is 17.9 Å². The summed E-state index contributed by atoms with van der Waals surface area (Å²) in [6.07, 6.45) is -0.497. The first kappa shape index (κ1) is 21.5. The van der Waals surface area contributed by atoms with Crippen LogP contribution in [0.3, 0.4) is 0 Å². The number of anilines is 1. The minimum atomic E-state index is -3.75. The van der Waals surface area contributed by atoms with Gasteiger partial charge in [0.1, 0.15) is 17.4 Å². The van der Waals surface area contributed by atoms with Gasteiger partial charge in [0, 0.05) is 35.4 Å². The molecule has 0 saturated carbocycles. The fraction of sp³-hybridized carbons (Fsp3) is 0.235. The summed E-state index contributed by atoms with van der Waals surface area (Å²) in [5, 5.41) is 10.5. The maximum absolute atomic E-state index is 12.5. The lowest BCUT2D eigenvalue weighted by Crippen LogP contribution is -2.21. The standard InChI is InChI=1S/C17H17Cl2NO6S/c1-10(9-25-2)26-17(22)15-4-3-13(8-16(15)21)20-27(23,24)14-6-11(18)5-12(19)7-14/h3-8,10H,9H2,1-2H3,(H2-,20,21,22,23,24)/p+1. The Bertz CT molecular complexity index is 871. The molecule has 0 aliphatic rings. The number of hydrogen-bond donors (Lipinski definition) is 3. The van der Waals surface area contributed by atoms with Crippen molar-refractivity contribution in [3.8, 4) is 5.75 Å². The van der Waals surface area contributed by atoms with Gasteiger partial charge in [-0.05, 0) is 29.3 Å². The number of methoxy groups -OCH3 is 1. The van der Waals surface area contributed by atoms with Crippen LogP contribution in [0.15, 0.2) is 41.3 Å².